The third kappa shape index (κ3) is 5.64. The molecule has 148 valence electrons. The van der Waals surface area contributed by atoms with Crippen molar-refractivity contribution in [2.75, 3.05) is 17.2 Å². The number of benzene rings is 1. The molecule has 29 heavy (non-hydrogen) atoms. The predicted molar refractivity (Wildman–Crippen MR) is 119 cm³/mol. The molecule has 4 rings (SSSR count). The summed E-state index contributed by atoms with van der Waals surface area (Å²) in [6, 6.07) is 16.1. The summed E-state index contributed by atoms with van der Waals surface area (Å²) in [5, 5.41) is 6.91. The summed E-state index contributed by atoms with van der Waals surface area (Å²) in [7, 11) is 0. The van der Waals surface area contributed by atoms with E-state index in [1.165, 1.54) is 25.7 Å². The van der Waals surface area contributed by atoms with Crippen molar-refractivity contribution in [1.82, 2.24) is 15.0 Å². The monoisotopic (exact) mass is 385 g/mol. The minimum Gasteiger partial charge on any atom is -0.370 e. The van der Waals surface area contributed by atoms with E-state index in [2.05, 4.69) is 27.8 Å². The van der Waals surface area contributed by atoms with Crippen LogP contribution in [0.1, 0.15) is 37.7 Å². The molecule has 0 amide bonds. The van der Waals surface area contributed by atoms with Gasteiger partial charge in [-0.15, -0.1) is 0 Å². The van der Waals surface area contributed by atoms with Crippen LogP contribution < -0.4 is 10.6 Å². The van der Waals surface area contributed by atoms with Gasteiger partial charge in [-0.2, -0.15) is 0 Å². The average molecular weight is 386 g/mol. The Balaban J connectivity index is 1.48. The lowest BCUT2D eigenvalue weighted by molar-refractivity contribution is 0.679. The van der Waals surface area contributed by atoms with Gasteiger partial charge in [-0.05, 0) is 43.7 Å². The second-order valence-corrected chi connectivity index (χ2v) is 7.33. The van der Waals surface area contributed by atoms with Crippen LogP contribution in [0.25, 0.3) is 11.4 Å². The molecule has 0 radical (unpaired) electrons. The smallest absolute Gasteiger partial charge is 0.163 e. The normalized spacial score (nSPS) is 13.6. The molecule has 0 fully saturated rings. The first-order chi connectivity index (χ1) is 14.4. The van der Waals surface area contributed by atoms with Gasteiger partial charge in [0.1, 0.15) is 11.6 Å². The largest absolute Gasteiger partial charge is 0.370 e. The first-order valence-corrected chi connectivity index (χ1v) is 10.4. The number of rotatable bonds is 8. The summed E-state index contributed by atoms with van der Waals surface area (Å²) in [6.07, 6.45) is 12.2. The SMILES string of the molecule is C1=C(CCNc2cc(NCc3cccnc3)nc(-c3ccccc3)n2)CCCC1. The topological polar surface area (TPSA) is 62.7 Å². The zero-order valence-corrected chi connectivity index (χ0v) is 16.6. The molecule has 1 aliphatic rings. The molecule has 0 aliphatic heterocycles. The summed E-state index contributed by atoms with van der Waals surface area (Å²) in [6.45, 7) is 1.56. The summed E-state index contributed by atoms with van der Waals surface area (Å²) in [5.41, 5.74) is 3.69. The molecule has 0 unspecified atom stereocenters. The Morgan fingerprint density at radius 1 is 0.897 bits per heavy atom. The second kappa shape index (κ2) is 9.82. The van der Waals surface area contributed by atoms with E-state index in [1.54, 1.807) is 11.8 Å². The van der Waals surface area contributed by atoms with Crippen LogP contribution in [0.2, 0.25) is 0 Å². The van der Waals surface area contributed by atoms with E-state index < -0.39 is 0 Å². The maximum atomic E-state index is 4.75. The number of nitrogens with one attached hydrogen (secondary N) is 2. The zero-order valence-electron chi connectivity index (χ0n) is 16.6. The van der Waals surface area contributed by atoms with E-state index in [0.717, 1.165) is 41.6 Å². The first-order valence-electron chi connectivity index (χ1n) is 10.4. The van der Waals surface area contributed by atoms with Crippen LogP contribution >= 0.6 is 0 Å². The maximum Gasteiger partial charge on any atom is 0.163 e. The van der Waals surface area contributed by atoms with E-state index in [-0.39, 0.29) is 0 Å². The van der Waals surface area contributed by atoms with Gasteiger partial charge in [0.25, 0.3) is 0 Å². The quantitative estimate of drug-likeness (QED) is 0.505. The van der Waals surface area contributed by atoms with Crippen molar-refractivity contribution < 1.29 is 0 Å². The van der Waals surface area contributed by atoms with Gasteiger partial charge >= 0.3 is 0 Å². The van der Waals surface area contributed by atoms with E-state index in [4.69, 9.17) is 9.97 Å². The highest BCUT2D eigenvalue weighted by Crippen LogP contribution is 2.22. The van der Waals surface area contributed by atoms with Gasteiger partial charge in [-0.1, -0.05) is 48.0 Å². The zero-order chi connectivity index (χ0) is 19.7. The summed E-state index contributed by atoms with van der Waals surface area (Å²) in [4.78, 5) is 13.6. The van der Waals surface area contributed by atoms with Crippen molar-refractivity contribution in [2.45, 2.75) is 38.6 Å². The highest BCUT2D eigenvalue weighted by Gasteiger charge is 2.08. The lowest BCUT2D eigenvalue weighted by Crippen LogP contribution is -2.09. The summed E-state index contributed by atoms with van der Waals surface area (Å²) < 4.78 is 0. The number of hydrogen-bond donors (Lipinski definition) is 2. The van der Waals surface area contributed by atoms with Gasteiger partial charge in [-0.3, -0.25) is 4.98 Å². The van der Waals surface area contributed by atoms with Crippen molar-refractivity contribution in [2.24, 2.45) is 0 Å². The molecule has 1 aliphatic carbocycles. The summed E-state index contributed by atoms with van der Waals surface area (Å²) in [5.74, 6) is 2.38. The minimum absolute atomic E-state index is 0.672. The van der Waals surface area contributed by atoms with Crippen LogP contribution in [0.15, 0.2) is 72.6 Å². The van der Waals surface area contributed by atoms with Crippen molar-refractivity contribution in [3.63, 3.8) is 0 Å². The lowest BCUT2D eigenvalue weighted by Gasteiger charge is -2.14. The Morgan fingerprint density at radius 3 is 2.52 bits per heavy atom. The molecule has 3 aromatic rings. The molecule has 5 nitrogen and oxygen atoms in total. The van der Waals surface area contributed by atoms with Crippen LogP contribution in [0, 0.1) is 0 Å². The molecule has 2 heterocycles. The van der Waals surface area contributed by atoms with Crippen LogP contribution in [0.5, 0.6) is 0 Å². The number of hydrogen-bond acceptors (Lipinski definition) is 5. The molecule has 0 spiro atoms. The third-order valence-corrected chi connectivity index (χ3v) is 5.09. The Hall–Kier alpha value is -3.21. The van der Waals surface area contributed by atoms with Crippen LogP contribution in [-0.2, 0) is 6.54 Å². The molecule has 0 atom stereocenters. The maximum absolute atomic E-state index is 4.75. The van der Waals surface area contributed by atoms with Crippen molar-refractivity contribution in [3.8, 4) is 11.4 Å². The lowest BCUT2D eigenvalue weighted by atomic mass is 9.97. The Morgan fingerprint density at radius 2 is 1.76 bits per heavy atom. The van der Waals surface area contributed by atoms with Crippen molar-refractivity contribution >= 4 is 11.6 Å². The van der Waals surface area contributed by atoms with Crippen LogP contribution in [-0.4, -0.2) is 21.5 Å². The number of allylic oxidation sites excluding steroid dienone is 1. The highest BCUT2D eigenvalue weighted by atomic mass is 15.1. The van der Waals surface area contributed by atoms with E-state index in [9.17, 15) is 0 Å². The number of aromatic nitrogens is 3. The standard InChI is InChI=1S/C24H27N5/c1-3-8-19(9-4-1)13-15-26-22-16-23(27-18-20-10-7-14-25-17-20)29-24(28-22)21-11-5-2-6-12-21/h2,5-8,10-12,14,16-17H,1,3-4,9,13,15,18H2,(H2,26,27,28,29). The predicted octanol–water partition coefficient (Wildman–Crippen LogP) is 5.45. The average Bonchev–Trinajstić information content (AvgIpc) is 2.80. The third-order valence-electron chi connectivity index (χ3n) is 5.09. The summed E-state index contributed by atoms with van der Waals surface area (Å²) >= 11 is 0. The Bertz CT molecular complexity index is 938. The van der Waals surface area contributed by atoms with Gasteiger partial charge in [0.2, 0.25) is 0 Å². The first kappa shape index (κ1) is 19.1. The fourth-order valence-corrected chi connectivity index (χ4v) is 3.52. The fraction of sp³-hybridized carbons (Fsp3) is 0.292. The van der Waals surface area contributed by atoms with Crippen LogP contribution in [0.4, 0.5) is 11.6 Å². The molecule has 2 aromatic heterocycles. The van der Waals surface area contributed by atoms with Crippen molar-refractivity contribution in [1.29, 1.82) is 0 Å². The minimum atomic E-state index is 0.672. The molecule has 0 bridgehead atoms. The molecule has 1 aromatic carbocycles. The number of nitrogens with zero attached hydrogens (tertiary/aromatic N) is 3. The molecule has 0 saturated carbocycles. The fourth-order valence-electron chi connectivity index (χ4n) is 3.52. The highest BCUT2D eigenvalue weighted by molar-refractivity contribution is 5.61. The molecular formula is C24H27N5. The van der Waals surface area contributed by atoms with Gasteiger partial charge in [-0.25, -0.2) is 9.97 Å². The molecule has 0 saturated heterocycles. The number of pyridine rings is 1. The Labute approximate surface area is 172 Å². The Kier molecular flexibility index (Phi) is 6.48. The van der Waals surface area contributed by atoms with Crippen LogP contribution in [0.3, 0.4) is 0 Å². The molecular weight excluding hydrogens is 358 g/mol. The van der Waals surface area contributed by atoms with Gasteiger partial charge in [0.15, 0.2) is 5.82 Å². The van der Waals surface area contributed by atoms with E-state index >= 15 is 0 Å². The van der Waals surface area contributed by atoms with Crippen molar-refractivity contribution in [3.05, 3.63) is 78.1 Å². The van der Waals surface area contributed by atoms with E-state index in [0.29, 0.717) is 6.54 Å². The van der Waals surface area contributed by atoms with Gasteiger partial charge in [0, 0.05) is 37.1 Å². The van der Waals surface area contributed by atoms with Gasteiger partial charge in [0.05, 0.1) is 0 Å². The molecule has 2 N–H and O–H groups in total. The van der Waals surface area contributed by atoms with Gasteiger partial charge < -0.3 is 10.6 Å². The number of anilines is 2. The molecule has 5 heteroatoms. The van der Waals surface area contributed by atoms with E-state index in [1.807, 2.05) is 48.7 Å². The second-order valence-electron chi connectivity index (χ2n) is 7.33.